The molecule has 1 aromatic rings. The third kappa shape index (κ3) is 5.96. The number of unbranched alkanes of at least 4 members (excludes halogenated alkanes) is 4. The maximum Gasteiger partial charge on any atom is 0.125 e. The van der Waals surface area contributed by atoms with Crippen molar-refractivity contribution in [3.05, 3.63) is 27.7 Å². The molecule has 0 bridgehead atoms. The summed E-state index contributed by atoms with van der Waals surface area (Å²) in [5.41, 5.74) is 8.07. The van der Waals surface area contributed by atoms with Crippen molar-refractivity contribution < 1.29 is 4.74 Å². The maximum absolute atomic E-state index is 5.98. The Bertz CT molecular complexity index is 379. The summed E-state index contributed by atoms with van der Waals surface area (Å²) in [6.07, 6.45) is 7.19. The standard InChI is InChI=1S/C16H26BrNO/c1-3-4-5-6-7-10-19-16-13(2)11-15(17)12-14(16)8-9-18/h11-12H,3-10,18H2,1-2H3. The summed E-state index contributed by atoms with van der Waals surface area (Å²) in [5.74, 6) is 1.03. The number of aryl methyl sites for hydroxylation is 1. The van der Waals surface area contributed by atoms with Gasteiger partial charge in [0.1, 0.15) is 5.75 Å². The lowest BCUT2D eigenvalue weighted by Gasteiger charge is -2.14. The van der Waals surface area contributed by atoms with Crippen molar-refractivity contribution in [2.24, 2.45) is 5.73 Å². The van der Waals surface area contributed by atoms with Crippen molar-refractivity contribution >= 4 is 15.9 Å². The molecule has 19 heavy (non-hydrogen) atoms. The molecule has 0 aromatic heterocycles. The van der Waals surface area contributed by atoms with Gasteiger partial charge in [-0.2, -0.15) is 0 Å². The van der Waals surface area contributed by atoms with E-state index in [1.54, 1.807) is 0 Å². The summed E-state index contributed by atoms with van der Waals surface area (Å²) in [4.78, 5) is 0. The fraction of sp³-hybridized carbons (Fsp3) is 0.625. The summed E-state index contributed by atoms with van der Waals surface area (Å²) in [5, 5.41) is 0. The van der Waals surface area contributed by atoms with Gasteiger partial charge in [-0.1, -0.05) is 48.5 Å². The second kappa shape index (κ2) is 9.38. The van der Waals surface area contributed by atoms with Gasteiger partial charge in [-0.3, -0.25) is 0 Å². The summed E-state index contributed by atoms with van der Waals surface area (Å²) in [6.45, 7) is 5.80. The minimum atomic E-state index is 0.656. The van der Waals surface area contributed by atoms with Gasteiger partial charge in [-0.25, -0.2) is 0 Å². The van der Waals surface area contributed by atoms with Crippen molar-refractivity contribution in [1.29, 1.82) is 0 Å². The fourth-order valence-electron chi connectivity index (χ4n) is 2.23. The van der Waals surface area contributed by atoms with Crippen LogP contribution in [-0.4, -0.2) is 13.2 Å². The van der Waals surface area contributed by atoms with Crippen molar-refractivity contribution in [2.75, 3.05) is 13.2 Å². The molecule has 1 rings (SSSR count). The van der Waals surface area contributed by atoms with Gasteiger partial charge in [0.25, 0.3) is 0 Å². The summed E-state index contributed by atoms with van der Waals surface area (Å²) in [7, 11) is 0. The zero-order valence-corrected chi connectivity index (χ0v) is 13.8. The number of rotatable bonds is 9. The quantitative estimate of drug-likeness (QED) is 0.672. The lowest BCUT2D eigenvalue weighted by molar-refractivity contribution is 0.299. The third-order valence-electron chi connectivity index (χ3n) is 3.22. The highest BCUT2D eigenvalue weighted by Gasteiger charge is 2.08. The molecule has 0 aliphatic rings. The molecule has 0 fully saturated rings. The summed E-state index contributed by atoms with van der Waals surface area (Å²) < 4.78 is 7.08. The van der Waals surface area contributed by atoms with Gasteiger partial charge < -0.3 is 10.5 Å². The normalized spacial score (nSPS) is 10.7. The molecule has 108 valence electrons. The van der Waals surface area contributed by atoms with Crippen molar-refractivity contribution in [3.8, 4) is 5.75 Å². The van der Waals surface area contributed by atoms with Crippen LogP contribution in [0.1, 0.15) is 50.2 Å². The van der Waals surface area contributed by atoms with E-state index in [9.17, 15) is 0 Å². The van der Waals surface area contributed by atoms with Gasteiger partial charge in [0, 0.05) is 4.47 Å². The van der Waals surface area contributed by atoms with Crippen LogP contribution in [0.15, 0.2) is 16.6 Å². The molecular formula is C16H26BrNO. The zero-order chi connectivity index (χ0) is 14.1. The van der Waals surface area contributed by atoms with Gasteiger partial charge in [0.05, 0.1) is 6.61 Å². The van der Waals surface area contributed by atoms with Crippen molar-refractivity contribution in [1.82, 2.24) is 0 Å². The zero-order valence-electron chi connectivity index (χ0n) is 12.2. The molecule has 0 aliphatic heterocycles. The Morgan fingerprint density at radius 2 is 1.89 bits per heavy atom. The molecule has 0 spiro atoms. The van der Waals surface area contributed by atoms with E-state index in [0.717, 1.165) is 29.7 Å². The topological polar surface area (TPSA) is 35.2 Å². The van der Waals surface area contributed by atoms with Crippen LogP contribution in [0.2, 0.25) is 0 Å². The summed E-state index contributed by atoms with van der Waals surface area (Å²) >= 11 is 3.53. The van der Waals surface area contributed by atoms with Crippen LogP contribution in [0, 0.1) is 6.92 Å². The van der Waals surface area contributed by atoms with E-state index in [1.165, 1.54) is 36.8 Å². The predicted molar refractivity (Wildman–Crippen MR) is 85.9 cm³/mol. The molecule has 0 saturated carbocycles. The van der Waals surface area contributed by atoms with Gasteiger partial charge in [-0.05, 0) is 49.6 Å². The Labute approximate surface area is 125 Å². The lowest BCUT2D eigenvalue weighted by atomic mass is 10.1. The van der Waals surface area contributed by atoms with Crippen LogP contribution >= 0.6 is 15.9 Å². The monoisotopic (exact) mass is 327 g/mol. The molecule has 0 aliphatic carbocycles. The third-order valence-corrected chi connectivity index (χ3v) is 3.68. The van der Waals surface area contributed by atoms with E-state index in [2.05, 4.69) is 41.9 Å². The summed E-state index contributed by atoms with van der Waals surface area (Å²) in [6, 6.07) is 4.22. The Balaban J connectivity index is 2.51. The smallest absolute Gasteiger partial charge is 0.125 e. The van der Waals surface area contributed by atoms with E-state index in [4.69, 9.17) is 10.5 Å². The molecule has 0 unspecified atom stereocenters. The van der Waals surface area contributed by atoms with Gasteiger partial charge in [0.2, 0.25) is 0 Å². The number of ether oxygens (including phenoxy) is 1. The average molecular weight is 328 g/mol. The Morgan fingerprint density at radius 1 is 1.16 bits per heavy atom. The van der Waals surface area contributed by atoms with Crippen LogP contribution in [0.3, 0.4) is 0 Å². The Hall–Kier alpha value is -0.540. The first-order valence-corrected chi connectivity index (χ1v) is 8.10. The van der Waals surface area contributed by atoms with Crippen molar-refractivity contribution in [2.45, 2.75) is 52.4 Å². The van der Waals surface area contributed by atoms with Crippen LogP contribution in [-0.2, 0) is 6.42 Å². The van der Waals surface area contributed by atoms with E-state index >= 15 is 0 Å². The highest BCUT2D eigenvalue weighted by molar-refractivity contribution is 9.10. The molecule has 0 saturated heterocycles. The van der Waals surface area contributed by atoms with Crippen LogP contribution in [0.25, 0.3) is 0 Å². The number of nitrogens with two attached hydrogens (primary N) is 1. The number of halogens is 1. The highest BCUT2D eigenvalue weighted by atomic mass is 79.9. The van der Waals surface area contributed by atoms with Gasteiger partial charge >= 0.3 is 0 Å². The first-order chi connectivity index (χ1) is 9.19. The first kappa shape index (κ1) is 16.5. The molecule has 2 nitrogen and oxygen atoms in total. The SMILES string of the molecule is CCCCCCCOc1c(C)cc(Br)cc1CCN. The minimum Gasteiger partial charge on any atom is -0.493 e. The second-order valence-electron chi connectivity index (χ2n) is 5.01. The minimum absolute atomic E-state index is 0.656. The van der Waals surface area contributed by atoms with Gasteiger partial charge in [-0.15, -0.1) is 0 Å². The van der Waals surface area contributed by atoms with E-state index in [0.29, 0.717) is 6.54 Å². The van der Waals surface area contributed by atoms with E-state index in [1.807, 2.05) is 0 Å². The van der Waals surface area contributed by atoms with Crippen LogP contribution in [0.4, 0.5) is 0 Å². The molecule has 2 N–H and O–H groups in total. The van der Waals surface area contributed by atoms with Crippen LogP contribution in [0.5, 0.6) is 5.75 Å². The molecule has 3 heteroatoms. The van der Waals surface area contributed by atoms with Gasteiger partial charge in [0.15, 0.2) is 0 Å². The average Bonchev–Trinajstić information content (AvgIpc) is 2.36. The Morgan fingerprint density at radius 3 is 2.58 bits per heavy atom. The molecule has 0 radical (unpaired) electrons. The van der Waals surface area contributed by atoms with E-state index in [-0.39, 0.29) is 0 Å². The fourth-order valence-corrected chi connectivity index (χ4v) is 2.85. The Kier molecular flexibility index (Phi) is 8.15. The first-order valence-electron chi connectivity index (χ1n) is 7.31. The number of benzene rings is 1. The second-order valence-corrected chi connectivity index (χ2v) is 5.93. The number of hydrogen-bond donors (Lipinski definition) is 1. The predicted octanol–water partition coefficient (Wildman–Crippen LogP) is 4.61. The molecule has 0 amide bonds. The molecule has 0 atom stereocenters. The number of hydrogen-bond acceptors (Lipinski definition) is 2. The molecule has 0 heterocycles. The van der Waals surface area contributed by atoms with Crippen LogP contribution < -0.4 is 10.5 Å². The molecular weight excluding hydrogens is 302 g/mol. The lowest BCUT2D eigenvalue weighted by Crippen LogP contribution is -2.07. The maximum atomic E-state index is 5.98. The highest BCUT2D eigenvalue weighted by Crippen LogP contribution is 2.28. The van der Waals surface area contributed by atoms with E-state index < -0.39 is 0 Å². The molecule has 1 aromatic carbocycles. The van der Waals surface area contributed by atoms with Crippen molar-refractivity contribution in [3.63, 3.8) is 0 Å². The largest absolute Gasteiger partial charge is 0.493 e.